The predicted octanol–water partition coefficient (Wildman–Crippen LogP) is 3.35. The van der Waals surface area contributed by atoms with Gasteiger partial charge in [0.1, 0.15) is 0 Å². The summed E-state index contributed by atoms with van der Waals surface area (Å²) in [6.45, 7) is 2.22. The van der Waals surface area contributed by atoms with Crippen molar-refractivity contribution in [2.45, 2.75) is 18.8 Å². The van der Waals surface area contributed by atoms with E-state index in [0.717, 1.165) is 36.7 Å². The Morgan fingerprint density at radius 2 is 1.75 bits per heavy atom. The molecule has 2 aromatic carbocycles. The molecular formula is C17H19NO2. The number of rotatable bonds is 2. The number of aromatic carboxylic acids is 1. The van der Waals surface area contributed by atoms with Crippen LogP contribution in [0.15, 0.2) is 36.4 Å². The van der Waals surface area contributed by atoms with E-state index in [9.17, 15) is 9.90 Å². The van der Waals surface area contributed by atoms with E-state index < -0.39 is 5.97 Å². The standard InChI is InChI=1S/C17H19NO2/c1-18-10-8-12(9-11-18)13-6-7-16(17(19)20)15-5-3-2-4-14(13)15/h2-7,12H,8-11H2,1H3,(H,19,20). The lowest BCUT2D eigenvalue weighted by atomic mass is 9.85. The van der Waals surface area contributed by atoms with Crippen LogP contribution in [0.5, 0.6) is 0 Å². The molecular weight excluding hydrogens is 250 g/mol. The first-order chi connectivity index (χ1) is 9.66. The minimum absolute atomic E-state index is 0.400. The smallest absolute Gasteiger partial charge is 0.336 e. The molecule has 1 heterocycles. The number of hydrogen-bond acceptors (Lipinski definition) is 2. The molecule has 0 atom stereocenters. The van der Waals surface area contributed by atoms with Crippen LogP contribution in [0.4, 0.5) is 0 Å². The van der Waals surface area contributed by atoms with Gasteiger partial charge in [-0.1, -0.05) is 30.3 Å². The third-order valence-corrected chi connectivity index (χ3v) is 4.35. The Bertz CT molecular complexity index is 642. The molecule has 3 rings (SSSR count). The average Bonchev–Trinajstić information content (AvgIpc) is 2.47. The molecule has 20 heavy (non-hydrogen) atoms. The van der Waals surface area contributed by atoms with Crippen LogP contribution in [-0.4, -0.2) is 36.1 Å². The van der Waals surface area contributed by atoms with Crippen LogP contribution in [0.2, 0.25) is 0 Å². The van der Waals surface area contributed by atoms with Crippen molar-refractivity contribution in [2.24, 2.45) is 0 Å². The van der Waals surface area contributed by atoms with E-state index in [1.165, 1.54) is 5.56 Å². The Morgan fingerprint density at radius 3 is 2.40 bits per heavy atom. The maximum Gasteiger partial charge on any atom is 0.336 e. The molecule has 0 bridgehead atoms. The van der Waals surface area contributed by atoms with Gasteiger partial charge in [0.2, 0.25) is 0 Å². The van der Waals surface area contributed by atoms with Gasteiger partial charge < -0.3 is 10.0 Å². The van der Waals surface area contributed by atoms with Gasteiger partial charge in [0.15, 0.2) is 0 Å². The molecule has 1 aliphatic heterocycles. The van der Waals surface area contributed by atoms with Gasteiger partial charge in [0.25, 0.3) is 0 Å². The SMILES string of the molecule is CN1CCC(c2ccc(C(=O)O)c3ccccc23)CC1. The molecule has 3 nitrogen and oxygen atoms in total. The number of hydrogen-bond donors (Lipinski definition) is 1. The fourth-order valence-electron chi connectivity index (χ4n) is 3.18. The highest BCUT2D eigenvalue weighted by atomic mass is 16.4. The first-order valence-electron chi connectivity index (χ1n) is 7.10. The average molecular weight is 269 g/mol. The van der Waals surface area contributed by atoms with E-state index in [1.807, 2.05) is 24.3 Å². The van der Waals surface area contributed by atoms with Gasteiger partial charge in [0.05, 0.1) is 5.56 Å². The second-order valence-electron chi connectivity index (χ2n) is 5.63. The summed E-state index contributed by atoms with van der Waals surface area (Å²) in [6, 6.07) is 11.6. The fraction of sp³-hybridized carbons (Fsp3) is 0.353. The van der Waals surface area contributed by atoms with Crippen LogP contribution in [0.1, 0.15) is 34.7 Å². The molecule has 0 spiro atoms. The van der Waals surface area contributed by atoms with Crippen LogP contribution >= 0.6 is 0 Å². The number of carboxylic acids is 1. The zero-order valence-electron chi connectivity index (χ0n) is 11.7. The zero-order valence-corrected chi connectivity index (χ0v) is 11.7. The van der Waals surface area contributed by atoms with Crippen molar-refractivity contribution in [1.29, 1.82) is 0 Å². The maximum atomic E-state index is 11.3. The third kappa shape index (κ3) is 2.29. The van der Waals surface area contributed by atoms with E-state index in [4.69, 9.17) is 0 Å². The third-order valence-electron chi connectivity index (χ3n) is 4.35. The Hall–Kier alpha value is -1.87. The minimum atomic E-state index is -0.851. The fourth-order valence-corrected chi connectivity index (χ4v) is 3.18. The lowest BCUT2D eigenvalue weighted by Gasteiger charge is -2.30. The van der Waals surface area contributed by atoms with Gasteiger partial charge in [-0.3, -0.25) is 0 Å². The molecule has 104 valence electrons. The number of fused-ring (bicyclic) bond motifs is 1. The van der Waals surface area contributed by atoms with E-state index >= 15 is 0 Å². The highest BCUT2D eigenvalue weighted by molar-refractivity contribution is 6.04. The Kier molecular flexibility index (Phi) is 3.45. The van der Waals surface area contributed by atoms with Crippen molar-refractivity contribution in [3.8, 4) is 0 Å². The summed E-state index contributed by atoms with van der Waals surface area (Å²) in [5.74, 6) is -0.310. The Balaban J connectivity index is 2.08. The number of likely N-dealkylation sites (tertiary alicyclic amines) is 1. The summed E-state index contributed by atoms with van der Waals surface area (Å²) < 4.78 is 0. The monoisotopic (exact) mass is 269 g/mol. The zero-order chi connectivity index (χ0) is 14.1. The van der Waals surface area contributed by atoms with Gasteiger partial charge in [-0.25, -0.2) is 4.79 Å². The van der Waals surface area contributed by atoms with Gasteiger partial charge in [-0.2, -0.15) is 0 Å². The number of carboxylic acid groups (broad SMARTS) is 1. The molecule has 0 amide bonds. The lowest BCUT2D eigenvalue weighted by molar-refractivity contribution is 0.0699. The Labute approximate surface area is 118 Å². The molecule has 0 unspecified atom stereocenters. The van der Waals surface area contributed by atoms with Gasteiger partial charge >= 0.3 is 5.97 Å². The van der Waals surface area contributed by atoms with Crippen molar-refractivity contribution in [3.05, 3.63) is 47.5 Å². The van der Waals surface area contributed by atoms with Gasteiger partial charge in [0, 0.05) is 0 Å². The van der Waals surface area contributed by atoms with Crippen molar-refractivity contribution in [3.63, 3.8) is 0 Å². The topological polar surface area (TPSA) is 40.5 Å². The summed E-state index contributed by atoms with van der Waals surface area (Å²) in [5.41, 5.74) is 1.70. The van der Waals surface area contributed by atoms with Crippen molar-refractivity contribution in [1.82, 2.24) is 4.90 Å². The summed E-state index contributed by atoms with van der Waals surface area (Å²) in [6.07, 6.45) is 2.29. The largest absolute Gasteiger partial charge is 0.478 e. The summed E-state index contributed by atoms with van der Waals surface area (Å²) in [7, 11) is 2.15. The van der Waals surface area contributed by atoms with E-state index in [-0.39, 0.29) is 0 Å². The molecule has 0 aliphatic carbocycles. The van der Waals surface area contributed by atoms with Crippen LogP contribution < -0.4 is 0 Å². The first-order valence-corrected chi connectivity index (χ1v) is 7.10. The maximum absolute atomic E-state index is 11.3. The van der Waals surface area contributed by atoms with Gasteiger partial charge in [-0.15, -0.1) is 0 Å². The first kappa shape index (κ1) is 13.1. The van der Waals surface area contributed by atoms with Crippen molar-refractivity contribution < 1.29 is 9.90 Å². The molecule has 1 saturated heterocycles. The van der Waals surface area contributed by atoms with Crippen LogP contribution in [0.3, 0.4) is 0 Å². The normalized spacial score (nSPS) is 17.4. The van der Waals surface area contributed by atoms with E-state index in [2.05, 4.69) is 18.0 Å². The second-order valence-corrected chi connectivity index (χ2v) is 5.63. The molecule has 0 aromatic heterocycles. The van der Waals surface area contributed by atoms with E-state index in [0.29, 0.717) is 11.5 Å². The number of benzene rings is 2. The summed E-state index contributed by atoms with van der Waals surface area (Å²) in [5, 5.41) is 11.3. The number of piperidine rings is 1. The molecule has 1 N–H and O–H groups in total. The van der Waals surface area contributed by atoms with Gasteiger partial charge in [-0.05, 0) is 61.3 Å². The molecule has 1 aliphatic rings. The van der Waals surface area contributed by atoms with Crippen LogP contribution in [0.25, 0.3) is 10.8 Å². The van der Waals surface area contributed by atoms with Crippen LogP contribution in [0, 0.1) is 0 Å². The molecule has 2 aromatic rings. The molecule has 1 fully saturated rings. The lowest BCUT2D eigenvalue weighted by Crippen LogP contribution is -2.29. The molecule has 0 saturated carbocycles. The minimum Gasteiger partial charge on any atom is -0.478 e. The summed E-state index contributed by atoms with van der Waals surface area (Å²) >= 11 is 0. The Morgan fingerprint density at radius 1 is 1.10 bits per heavy atom. The molecule has 0 radical (unpaired) electrons. The number of nitrogens with zero attached hydrogens (tertiary/aromatic N) is 1. The number of carbonyl (C=O) groups is 1. The van der Waals surface area contributed by atoms with Crippen molar-refractivity contribution >= 4 is 16.7 Å². The van der Waals surface area contributed by atoms with Crippen LogP contribution in [-0.2, 0) is 0 Å². The quantitative estimate of drug-likeness (QED) is 0.909. The summed E-state index contributed by atoms with van der Waals surface area (Å²) in [4.78, 5) is 13.7. The van der Waals surface area contributed by atoms with E-state index in [1.54, 1.807) is 6.07 Å². The highest BCUT2D eigenvalue weighted by Gasteiger charge is 2.21. The highest BCUT2D eigenvalue weighted by Crippen LogP contribution is 2.34. The molecule has 3 heteroatoms. The predicted molar refractivity (Wildman–Crippen MR) is 80.4 cm³/mol. The van der Waals surface area contributed by atoms with Crippen molar-refractivity contribution in [2.75, 3.05) is 20.1 Å². The second kappa shape index (κ2) is 5.25.